The summed E-state index contributed by atoms with van der Waals surface area (Å²) in [6, 6.07) is 0. The lowest BCUT2D eigenvalue weighted by Gasteiger charge is -2.32. The van der Waals surface area contributed by atoms with Crippen LogP contribution in [0.2, 0.25) is 0 Å². The fraction of sp³-hybridized carbons (Fsp3) is 1.00. The SMILES string of the molecule is CNC(C)(C)PC(C)(C)N. The van der Waals surface area contributed by atoms with Crippen molar-refractivity contribution in [3.8, 4) is 0 Å². The van der Waals surface area contributed by atoms with E-state index < -0.39 is 0 Å². The largest absolute Gasteiger partial charge is 0.322 e. The molecule has 2 nitrogen and oxygen atoms in total. The van der Waals surface area contributed by atoms with Gasteiger partial charge < -0.3 is 11.1 Å². The van der Waals surface area contributed by atoms with E-state index >= 15 is 0 Å². The maximum atomic E-state index is 5.87. The van der Waals surface area contributed by atoms with Crippen LogP contribution in [0, 0.1) is 0 Å². The molecule has 0 aromatic heterocycles. The van der Waals surface area contributed by atoms with Gasteiger partial charge in [0.1, 0.15) is 0 Å². The van der Waals surface area contributed by atoms with E-state index in [4.69, 9.17) is 5.73 Å². The summed E-state index contributed by atoms with van der Waals surface area (Å²) in [4.78, 5) is 0. The molecule has 1 atom stereocenters. The molecule has 0 aliphatic carbocycles. The van der Waals surface area contributed by atoms with Crippen LogP contribution >= 0.6 is 8.58 Å². The van der Waals surface area contributed by atoms with E-state index in [0.717, 1.165) is 8.58 Å². The first-order valence-electron chi connectivity index (χ1n) is 3.54. The summed E-state index contributed by atoms with van der Waals surface area (Å²) in [5.74, 6) is 0. The van der Waals surface area contributed by atoms with Gasteiger partial charge in [-0.05, 0) is 34.7 Å². The average Bonchev–Trinajstić information content (AvgIpc) is 1.60. The number of hydrogen-bond acceptors (Lipinski definition) is 2. The summed E-state index contributed by atoms with van der Waals surface area (Å²) in [6.07, 6.45) is 0. The minimum absolute atomic E-state index is 0.0491. The van der Waals surface area contributed by atoms with E-state index in [1.54, 1.807) is 0 Å². The van der Waals surface area contributed by atoms with Crippen LogP contribution in [0.4, 0.5) is 0 Å². The maximum absolute atomic E-state index is 5.87. The number of rotatable bonds is 3. The van der Waals surface area contributed by atoms with Gasteiger partial charge in [-0.1, -0.05) is 8.58 Å². The Morgan fingerprint density at radius 2 is 1.60 bits per heavy atom. The maximum Gasteiger partial charge on any atom is 0.0310 e. The lowest BCUT2D eigenvalue weighted by molar-refractivity contribution is 0.582. The van der Waals surface area contributed by atoms with E-state index in [2.05, 4.69) is 33.0 Å². The standard InChI is InChI=1S/C7H19N2P/c1-6(2,8)10-7(3,4)9-5/h9-10H,8H2,1-5H3. The normalized spacial score (nSPS) is 15.0. The van der Waals surface area contributed by atoms with Crippen molar-refractivity contribution in [2.24, 2.45) is 5.73 Å². The van der Waals surface area contributed by atoms with Gasteiger partial charge in [0.05, 0.1) is 0 Å². The molecule has 0 bridgehead atoms. The van der Waals surface area contributed by atoms with Gasteiger partial charge in [-0.2, -0.15) is 0 Å². The van der Waals surface area contributed by atoms with Gasteiger partial charge in [0.2, 0.25) is 0 Å². The van der Waals surface area contributed by atoms with E-state index in [1.807, 2.05) is 7.05 Å². The van der Waals surface area contributed by atoms with Crippen molar-refractivity contribution in [2.75, 3.05) is 7.05 Å². The second kappa shape index (κ2) is 3.17. The predicted octanol–water partition coefficient (Wildman–Crippen LogP) is 1.32. The number of hydrogen-bond donors (Lipinski definition) is 2. The Hall–Kier alpha value is 0.350. The summed E-state index contributed by atoms with van der Waals surface area (Å²) in [7, 11) is 2.71. The first-order valence-corrected chi connectivity index (χ1v) is 4.54. The van der Waals surface area contributed by atoms with Crippen LogP contribution in [-0.4, -0.2) is 17.6 Å². The number of nitrogens with two attached hydrogens (primary N) is 1. The zero-order chi connectivity index (χ0) is 8.41. The third kappa shape index (κ3) is 5.16. The van der Waals surface area contributed by atoms with Crippen LogP contribution < -0.4 is 11.1 Å². The van der Waals surface area contributed by atoms with Gasteiger partial charge in [0.15, 0.2) is 0 Å². The molecule has 62 valence electrons. The third-order valence-electron chi connectivity index (χ3n) is 1.26. The smallest absolute Gasteiger partial charge is 0.0310 e. The van der Waals surface area contributed by atoms with Crippen LogP contribution in [-0.2, 0) is 0 Å². The first-order chi connectivity index (χ1) is 4.27. The quantitative estimate of drug-likeness (QED) is 0.614. The number of nitrogens with one attached hydrogen (secondary N) is 1. The highest BCUT2D eigenvalue weighted by atomic mass is 31.1. The van der Waals surface area contributed by atoms with Gasteiger partial charge in [0.25, 0.3) is 0 Å². The van der Waals surface area contributed by atoms with Gasteiger partial charge in [-0.25, -0.2) is 0 Å². The Balaban J connectivity index is 3.89. The summed E-state index contributed by atoms with van der Waals surface area (Å²) in [5.41, 5.74) is 5.87. The van der Waals surface area contributed by atoms with Crippen LogP contribution in [0.25, 0.3) is 0 Å². The molecule has 3 N–H and O–H groups in total. The zero-order valence-electron chi connectivity index (χ0n) is 7.58. The summed E-state index contributed by atoms with van der Waals surface area (Å²) in [5, 5.41) is 3.36. The molecule has 0 rings (SSSR count). The highest BCUT2D eigenvalue weighted by Gasteiger charge is 2.23. The molecule has 0 saturated carbocycles. The molecular weight excluding hydrogens is 143 g/mol. The molecule has 0 aliphatic heterocycles. The minimum atomic E-state index is -0.0491. The fourth-order valence-corrected chi connectivity index (χ4v) is 2.60. The van der Waals surface area contributed by atoms with Crippen molar-refractivity contribution in [3.05, 3.63) is 0 Å². The predicted molar refractivity (Wildman–Crippen MR) is 49.7 cm³/mol. The van der Waals surface area contributed by atoms with E-state index in [1.165, 1.54) is 0 Å². The van der Waals surface area contributed by atoms with E-state index in [9.17, 15) is 0 Å². The molecule has 3 heteroatoms. The highest BCUT2D eigenvalue weighted by molar-refractivity contribution is 7.41. The second-order valence-corrected chi connectivity index (χ2v) is 6.51. The Bertz CT molecular complexity index is 105. The lowest BCUT2D eigenvalue weighted by atomic mass is 10.4. The summed E-state index contributed by atoms with van der Waals surface area (Å²) < 4.78 is 0. The molecule has 1 unspecified atom stereocenters. The van der Waals surface area contributed by atoms with Crippen molar-refractivity contribution >= 4 is 8.58 Å². The Labute approximate surface area is 65.7 Å². The van der Waals surface area contributed by atoms with Crippen molar-refractivity contribution in [1.29, 1.82) is 0 Å². The Kier molecular flexibility index (Phi) is 3.28. The van der Waals surface area contributed by atoms with Gasteiger partial charge in [-0.3, -0.25) is 0 Å². The van der Waals surface area contributed by atoms with Crippen LogP contribution in [0.5, 0.6) is 0 Å². The summed E-state index contributed by atoms with van der Waals surface area (Å²) in [6.45, 7) is 8.45. The molecule has 0 fully saturated rings. The molecule has 0 saturated heterocycles. The Morgan fingerprint density at radius 1 is 1.20 bits per heavy atom. The average molecular weight is 162 g/mol. The molecule has 0 amide bonds. The first kappa shape index (κ1) is 10.3. The highest BCUT2D eigenvalue weighted by Crippen LogP contribution is 2.37. The van der Waals surface area contributed by atoms with Crippen LogP contribution in [0.15, 0.2) is 0 Å². The van der Waals surface area contributed by atoms with Crippen molar-refractivity contribution in [1.82, 2.24) is 5.32 Å². The van der Waals surface area contributed by atoms with E-state index in [-0.39, 0.29) is 10.6 Å². The second-order valence-electron chi connectivity index (χ2n) is 3.72. The van der Waals surface area contributed by atoms with Crippen molar-refractivity contribution < 1.29 is 0 Å². The van der Waals surface area contributed by atoms with Crippen molar-refractivity contribution in [2.45, 2.75) is 38.3 Å². The topological polar surface area (TPSA) is 38.0 Å². The van der Waals surface area contributed by atoms with Crippen LogP contribution in [0.3, 0.4) is 0 Å². The molecular formula is C7H19N2P. The Morgan fingerprint density at radius 3 is 1.70 bits per heavy atom. The molecule has 10 heavy (non-hydrogen) atoms. The lowest BCUT2D eigenvalue weighted by Crippen LogP contribution is -2.39. The minimum Gasteiger partial charge on any atom is -0.322 e. The third-order valence-corrected chi connectivity index (χ3v) is 2.78. The van der Waals surface area contributed by atoms with E-state index in [0.29, 0.717) is 0 Å². The summed E-state index contributed by atoms with van der Waals surface area (Å²) >= 11 is 0. The zero-order valence-corrected chi connectivity index (χ0v) is 8.58. The van der Waals surface area contributed by atoms with Gasteiger partial charge in [-0.15, -0.1) is 0 Å². The van der Waals surface area contributed by atoms with Gasteiger partial charge >= 0.3 is 0 Å². The molecule has 0 spiro atoms. The molecule has 0 radical (unpaired) electrons. The molecule has 0 aliphatic rings. The molecule has 0 aromatic rings. The molecule has 0 heterocycles. The van der Waals surface area contributed by atoms with Gasteiger partial charge in [0, 0.05) is 10.6 Å². The molecule has 0 aromatic carbocycles. The van der Waals surface area contributed by atoms with Crippen molar-refractivity contribution in [3.63, 3.8) is 0 Å². The fourth-order valence-electron chi connectivity index (χ4n) is 0.868. The monoisotopic (exact) mass is 162 g/mol. The van der Waals surface area contributed by atoms with Crippen LogP contribution in [0.1, 0.15) is 27.7 Å².